The summed E-state index contributed by atoms with van der Waals surface area (Å²) in [6.45, 7) is 0. The van der Waals surface area contributed by atoms with Gasteiger partial charge in [0.25, 0.3) is 5.56 Å². The van der Waals surface area contributed by atoms with Crippen molar-refractivity contribution in [2.45, 2.75) is 23.7 Å². The van der Waals surface area contributed by atoms with Crippen LogP contribution in [-0.4, -0.2) is 21.6 Å². The van der Waals surface area contributed by atoms with Gasteiger partial charge in [-0.15, -0.1) is 6.42 Å². The number of nitrogens with zero attached hydrogens (tertiary/aromatic N) is 1. The van der Waals surface area contributed by atoms with E-state index in [1.165, 1.54) is 18.2 Å². The van der Waals surface area contributed by atoms with Gasteiger partial charge in [0.05, 0.1) is 16.9 Å². The van der Waals surface area contributed by atoms with Gasteiger partial charge in [0.2, 0.25) is 5.91 Å². The zero-order valence-electron chi connectivity index (χ0n) is 13.2. The fraction of sp³-hybridized carbons (Fsp3) is 0.235. The molecule has 1 aromatic carbocycles. The van der Waals surface area contributed by atoms with E-state index < -0.39 is 29.1 Å². The van der Waals surface area contributed by atoms with Crippen molar-refractivity contribution in [1.82, 2.24) is 9.97 Å². The monoisotopic (exact) mass is 379 g/mol. The fourth-order valence-electron chi connectivity index (χ4n) is 2.85. The Kier molecular flexibility index (Phi) is 4.78. The lowest BCUT2D eigenvalue weighted by Gasteiger charge is -2.26. The minimum Gasteiger partial charge on any atom is -0.310 e. The van der Waals surface area contributed by atoms with Crippen molar-refractivity contribution in [3.8, 4) is 12.3 Å². The Bertz CT molecular complexity index is 963. The van der Waals surface area contributed by atoms with Crippen molar-refractivity contribution in [3.63, 3.8) is 0 Å². The molecule has 0 bridgehead atoms. The minimum absolute atomic E-state index is 0.00589. The molecule has 2 aromatic rings. The van der Waals surface area contributed by atoms with E-state index in [4.69, 9.17) is 6.42 Å². The molecule has 9 heteroatoms. The Morgan fingerprint density at radius 2 is 2.04 bits per heavy atom. The van der Waals surface area contributed by atoms with Crippen LogP contribution >= 0.6 is 11.8 Å². The highest BCUT2D eigenvalue weighted by molar-refractivity contribution is 7.99. The number of aromatic amines is 1. The van der Waals surface area contributed by atoms with Crippen molar-refractivity contribution in [1.29, 1.82) is 0 Å². The molecule has 0 saturated heterocycles. The Morgan fingerprint density at radius 3 is 2.73 bits per heavy atom. The number of carbonyl (C=O) groups excluding carboxylic acids is 1. The zero-order valence-corrected chi connectivity index (χ0v) is 14.0. The van der Waals surface area contributed by atoms with Gasteiger partial charge in [0, 0.05) is 12.3 Å². The number of benzene rings is 1. The van der Waals surface area contributed by atoms with E-state index in [-0.39, 0.29) is 34.3 Å². The second-order valence-corrected chi connectivity index (χ2v) is 6.48. The SMILES string of the molecule is C#CCSc1nc2c(c(=O)[nH]1)C(c1ccccc1C(F)(F)F)CC(=O)N2. The predicted molar refractivity (Wildman–Crippen MR) is 90.9 cm³/mol. The van der Waals surface area contributed by atoms with Crippen LogP contribution in [0.5, 0.6) is 0 Å². The van der Waals surface area contributed by atoms with E-state index in [0.717, 1.165) is 17.8 Å². The third-order valence-electron chi connectivity index (χ3n) is 3.86. The molecule has 26 heavy (non-hydrogen) atoms. The highest BCUT2D eigenvalue weighted by Crippen LogP contribution is 2.41. The minimum atomic E-state index is -4.60. The summed E-state index contributed by atoms with van der Waals surface area (Å²) in [6.07, 6.45) is 0.283. The second-order valence-electron chi connectivity index (χ2n) is 5.52. The van der Waals surface area contributed by atoms with Gasteiger partial charge < -0.3 is 10.3 Å². The summed E-state index contributed by atoms with van der Waals surface area (Å²) in [5.74, 6) is 1.03. The number of nitrogens with one attached hydrogen (secondary N) is 2. The van der Waals surface area contributed by atoms with Gasteiger partial charge in [0.15, 0.2) is 5.16 Å². The van der Waals surface area contributed by atoms with Crippen molar-refractivity contribution in [3.05, 3.63) is 51.3 Å². The number of halogens is 3. The number of aromatic nitrogens is 2. The summed E-state index contributed by atoms with van der Waals surface area (Å²) in [5.41, 5.74) is -1.61. The van der Waals surface area contributed by atoms with Crippen LogP contribution in [0.3, 0.4) is 0 Å². The second kappa shape index (κ2) is 6.88. The van der Waals surface area contributed by atoms with E-state index in [1.807, 2.05) is 0 Å². The number of rotatable bonds is 3. The Balaban J connectivity index is 2.15. The maximum atomic E-state index is 13.4. The summed E-state index contributed by atoms with van der Waals surface area (Å²) in [4.78, 5) is 31.2. The highest BCUT2D eigenvalue weighted by Gasteiger charge is 2.39. The third kappa shape index (κ3) is 3.46. The molecule has 3 rings (SSSR count). The molecule has 0 radical (unpaired) electrons. The molecule has 1 aromatic heterocycles. The van der Waals surface area contributed by atoms with Gasteiger partial charge in [0.1, 0.15) is 5.82 Å². The largest absolute Gasteiger partial charge is 0.416 e. The topological polar surface area (TPSA) is 74.8 Å². The Morgan fingerprint density at radius 1 is 1.31 bits per heavy atom. The molecule has 0 spiro atoms. The number of carbonyl (C=O) groups is 1. The van der Waals surface area contributed by atoms with E-state index in [9.17, 15) is 22.8 Å². The van der Waals surface area contributed by atoms with Crippen LogP contribution < -0.4 is 10.9 Å². The molecule has 1 aliphatic heterocycles. The van der Waals surface area contributed by atoms with Crippen molar-refractivity contribution < 1.29 is 18.0 Å². The standard InChI is InChI=1S/C17H12F3N3O2S/c1-2-7-26-16-22-14-13(15(25)23-16)10(8-12(24)21-14)9-5-3-4-6-11(9)17(18,19)20/h1,3-6,10H,7-8H2,(H2,21,22,23,24,25). The molecular weight excluding hydrogens is 367 g/mol. The smallest absolute Gasteiger partial charge is 0.310 e. The van der Waals surface area contributed by atoms with Crippen LogP contribution in [0.25, 0.3) is 0 Å². The third-order valence-corrected chi connectivity index (χ3v) is 4.64. The average molecular weight is 379 g/mol. The van der Waals surface area contributed by atoms with Crippen LogP contribution in [0.15, 0.2) is 34.2 Å². The number of terminal acetylenes is 1. The van der Waals surface area contributed by atoms with Gasteiger partial charge in [-0.05, 0) is 11.6 Å². The molecule has 2 heterocycles. The lowest BCUT2D eigenvalue weighted by Crippen LogP contribution is -2.32. The van der Waals surface area contributed by atoms with Crippen molar-refractivity contribution in [2.24, 2.45) is 0 Å². The van der Waals surface area contributed by atoms with Crippen LogP contribution in [0.2, 0.25) is 0 Å². The van der Waals surface area contributed by atoms with Crippen LogP contribution in [0, 0.1) is 12.3 Å². The molecule has 0 fully saturated rings. The quantitative estimate of drug-likeness (QED) is 0.488. The van der Waals surface area contributed by atoms with E-state index in [0.29, 0.717) is 0 Å². The normalized spacial score (nSPS) is 16.5. The van der Waals surface area contributed by atoms with Crippen LogP contribution in [0.1, 0.15) is 29.0 Å². The first-order valence-corrected chi connectivity index (χ1v) is 8.46. The number of thioether (sulfide) groups is 1. The maximum absolute atomic E-state index is 13.4. The van der Waals surface area contributed by atoms with E-state index >= 15 is 0 Å². The lowest BCUT2D eigenvalue weighted by atomic mass is 9.84. The Labute approximate surface area is 150 Å². The van der Waals surface area contributed by atoms with Gasteiger partial charge in [-0.1, -0.05) is 35.9 Å². The van der Waals surface area contributed by atoms with Gasteiger partial charge >= 0.3 is 6.18 Å². The summed E-state index contributed by atoms with van der Waals surface area (Å²) in [5, 5.41) is 2.65. The summed E-state index contributed by atoms with van der Waals surface area (Å²) in [7, 11) is 0. The number of anilines is 1. The number of fused-ring (bicyclic) bond motifs is 1. The number of hydrogen-bond acceptors (Lipinski definition) is 4. The molecule has 1 unspecified atom stereocenters. The van der Waals surface area contributed by atoms with Crippen molar-refractivity contribution >= 4 is 23.5 Å². The first-order valence-electron chi connectivity index (χ1n) is 7.47. The molecule has 1 aliphatic rings. The number of alkyl halides is 3. The van der Waals surface area contributed by atoms with Gasteiger partial charge in [-0.25, -0.2) is 4.98 Å². The summed E-state index contributed by atoms with van der Waals surface area (Å²) >= 11 is 1.08. The highest BCUT2D eigenvalue weighted by atomic mass is 32.2. The van der Waals surface area contributed by atoms with Crippen molar-refractivity contribution in [2.75, 3.05) is 11.1 Å². The van der Waals surface area contributed by atoms with Crippen LogP contribution in [-0.2, 0) is 11.0 Å². The van der Waals surface area contributed by atoms with E-state index in [1.54, 1.807) is 0 Å². The van der Waals surface area contributed by atoms with Crippen LogP contribution in [0.4, 0.5) is 19.0 Å². The summed E-state index contributed by atoms with van der Waals surface area (Å²) in [6, 6.07) is 4.91. The summed E-state index contributed by atoms with van der Waals surface area (Å²) < 4.78 is 40.1. The molecule has 5 nitrogen and oxygen atoms in total. The van der Waals surface area contributed by atoms with Gasteiger partial charge in [-0.3, -0.25) is 9.59 Å². The van der Waals surface area contributed by atoms with E-state index in [2.05, 4.69) is 21.2 Å². The maximum Gasteiger partial charge on any atom is 0.416 e. The first kappa shape index (κ1) is 18.1. The molecule has 1 atom stereocenters. The fourth-order valence-corrected chi connectivity index (χ4v) is 3.39. The Hall–Kier alpha value is -2.73. The first-order chi connectivity index (χ1) is 12.3. The molecule has 0 saturated carbocycles. The number of hydrogen-bond donors (Lipinski definition) is 2. The predicted octanol–water partition coefficient (Wildman–Crippen LogP) is 2.99. The molecule has 0 aliphatic carbocycles. The molecule has 2 N–H and O–H groups in total. The zero-order chi connectivity index (χ0) is 18.9. The molecule has 134 valence electrons. The lowest BCUT2D eigenvalue weighted by molar-refractivity contribution is -0.138. The molecule has 1 amide bonds. The number of amides is 1. The number of H-pyrrole nitrogens is 1. The average Bonchev–Trinajstić information content (AvgIpc) is 2.58. The van der Waals surface area contributed by atoms with Gasteiger partial charge in [-0.2, -0.15) is 13.2 Å². The molecular formula is C17H12F3N3O2S.